The number of amides is 1. The van der Waals surface area contributed by atoms with Crippen molar-refractivity contribution in [2.45, 2.75) is 50.6 Å². The second-order valence-corrected chi connectivity index (χ2v) is 10.5. The molecule has 0 saturated heterocycles. The fraction of sp³-hybridized carbons (Fsp3) is 0.435. The van der Waals surface area contributed by atoms with Crippen molar-refractivity contribution in [3.8, 4) is 0 Å². The zero-order chi connectivity index (χ0) is 22.4. The Labute approximate surface area is 180 Å². The van der Waals surface area contributed by atoms with Crippen LogP contribution in [0, 0.1) is 0 Å². The van der Waals surface area contributed by atoms with Crippen LogP contribution in [0.15, 0.2) is 53.4 Å². The molecular weight excluding hydrogens is 398 g/mol. The first-order chi connectivity index (χ1) is 14.0. The molecule has 2 aromatic carbocycles. The molecule has 2 rings (SSSR count). The van der Waals surface area contributed by atoms with Crippen LogP contribution in [-0.2, 0) is 33.3 Å². The molecule has 0 fully saturated rings. The summed E-state index contributed by atoms with van der Waals surface area (Å²) in [7, 11) is 0.355. The Morgan fingerprint density at radius 3 is 2.13 bits per heavy atom. The van der Waals surface area contributed by atoms with Gasteiger partial charge in [0.15, 0.2) is 0 Å². The highest BCUT2D eigenvalue weighted by Crippen LogP contribution is 2.23. The number of hydrogen-bond acceptors (Lipinski definition) is 4. The van der Waals surface area contributed by atoms with E-state index in [1.807, 2.05) is 50.5 Å². The van der Waals surface area contributed by atoms with Crippen molar-refractivity contribution in [1.82, 2.24) is 14.9 Å². The number of benzene rings is 2. The van der Waals surface area contributed by atoms with Gasteiger partial charge in [0.25, 0.3) is 0 Å². The van der Waals surface area contributed by atoms with Gasteiger partial charge in [0.1, 0.15) is 0 Å². The van der Waals surface area contributed by atoms with Crippen LogP contribution in [0.25, 0.3) is 0 Å². The topological polar surface area (TPSA) is 78.5 Å². The lowest BCUT2D eigenvalue weighted by molar-refractivity contribution is -0.121. The normalized spacial score (nSPS) is 12.2. The third-order valence-electron chi connectivity index (χ3n) is 4.76. The average Bonchev–Trinajstić information content (AvgIpc) is 2.66. The molecule has 0 unspecified atom stereocenters. The molecule has 0 spiro atoms. The maximum atomic E-state index is 12.5. The summed E-state index contributed by atoms with van der Waals surface area (Å²) in [6, 6.07) is 14.8. The average molecular weight is 432 g/mol. The minimum Gasteiger partial charge on any atom is -0.352 e. The molecule has 6 nitrogen and oxygen atoms in total. The second-order valence-electron chi connectivity index (χ2n) is 8.71. The summed E-state index contributed by atoms with van der Waals surface area (Å²) in [4.78, 5) is 14.4. The lowest BCUT2D eigenvalue weighted by atomic mass is 9.87. The van der Waals surface area contributed by atoms with Gasteiger partial charge in [-0.25, -0.2) is 13.1 Å². The van der Waals surface area contributed by atoms with Crippen LogP contribution < -0.4 is 10.0 Å². The molecule has 0 atom stereocenters. The number of hydrogen-bond donors (Lipinski definition) is 2. The van der Waals surface area contributed by atoms with Crippen LogP contribution in [-0.4, -0.2) is 39.9 Å². The Morgan fingerprint density at radius 2 is 1.57 bits per heavy atom. The minimum absolute atomic E-state index is 0.0427. The van der Waals surface area contributed by atoms with Gasteiger partial charge >= 0.3 is 0 Å². The lowest BCUT2D eigenvalue weighted by Gasteiger charge is -2.19. The Hall–Kier alpha value is -2.22. The monoisotopic (exact) mass is 431 g/mol. The summed E-state index contributed by atoms with van der Waals surface area (Å²) in [6.45, 7) is 7.49. The highest BCUT2D eigenvalue weighted by atomic mass is 32.2. The summed E-state index contributed by atoms with van der Waals surface area (Å²) < 4.78 is 27.4. The minimum atomic E-state index is -3.64. The molecule has 1 amide bonds. The van der Waals surface area contributed by atoms with Crippen molar-refractivity contribution in [3.63, 3.8) is 0 Å². The number of carbonyl (C=O) groups is 1. The number of nitrogens with zero attached hydrogens (tertiary/aromatic N) is 1. The highest BCUT2D eigenvalue weighted by Gasteiger charge is 2.17. The summed E-state index contributed by atoms with van der Waals surface area (Å²) >= 11 is 0. The van der Waals surface area contributed by atoms with Gasteiger partial charge in [0, 0.05) is 26.1 Å². The van der Waals surface area contributed by atoms with Crippen molar-refractivity contribution < 1.29 is 13.2 Å². The first kappa shape index (κ1) is 24.1. The van der Waals surface area contributed by atoms with Crippen molar-refractivity contribution in [3.05, 3.63) is 65.2 Å². The second kappa shape index (κ2) is 10.2. The molecule has 0 aliphatic rings. The van der Waals surface area contributed by atoms with Crippen molar-refractivity contribution in [1.29, 1.82) is 0 Å². The van der Waals surface area contributed by atoms with Crippen molar-refractivity contribution in [2.24, 2.45) is 0 Å². The Morgan fingerprint density at radius 1 is 0.967 bits per heavy atom. The Balaban J connectivity index is 1.85. The molecule has 2 N–H and O–H groups in total. The summed E-state index contributed by atoms with van der Waals surface area (Å²) in [5, 5.41) is 2.87. The number of nitrogens with one attached hydrogen (secondary N) is 2. The summed E-state index contributed by atoms with van der Waals surface area (Å²) in [5.41, 5.74) is 3.23. The van der Waals surface area contributed by atoms with Crippen molar-refractivity contribution >= 4 is 15.9 Å². The zero-order valence-corrected chi connectivity index (χ0v) is 19.3. The molecule has 0 aliphatic heterocycles. The number of sulfonamides is 1. The van der Waals surface area contributed by atoms with E-state index in [-0.39, 0.29) is 29.2 Å². The van der Waals surface area contributed by atoms with Crippen LogP contribution in [0.1, 0.15) is 43.9 Å². The lowest BCUT2D eigenvalue weighted by Crippen LogP contribution is -2.31. The van der Waals surface area contributed by atoms with E-state index in [0.29, 0.717) is 6.54 Å². The molecule has 0 aromatic heterocycles. The van der Waals surface area contributed by atoms with E-state index in [1.54, 1.807) is 12.1 Å². The van der Waals surface area contributed by atoms with Gasteiger partial charge in [-0.15, -0.1) is 0 Å². The molecule has 0 heterocycles. The van der Waals surface area contributed by atoms with E-state index in [2.05, 4.69) is 35.7 Å². The van der Waals surface area contributed by atoms with E-state index >= 15 is 0 Å². The molecule has 30 heavy (non-hydrogen) atoms. The fourth-order valence-electron chi connectivity index (χ4n) is 3.02. The molecule has 7 heteroatoms. The van der Waals surface area contributed by atoms with E-state index in [1.165, 1.54) is 0 Å². The van der Waals surface area contributed by atoms with Gasteiger partial charge in [-0.3, -0.25) is 4.79 Å². The maximum Gasteiger partial charge on any atom is 0.240 e. The van der Waals surface area contributed by atoms with Crippen LogP contribution in [0.3, 0.4) is 0 Å². The number of carbonyl (C=O) groups excluding carboxylic acids is 1. The van der Waals surface area contributed by atoms with Gasteiger partial charge in [0.05, 0.1) is 4.90 Å². The van der Waals surface area contributed by atoms with Crippen molar-refractivity contribution in [2.75, 3.05) is 20.6 Å². The van der Waals surface area contributed by atoms with Crippen LogP contribution >= 0.6 is 0 Å². The van der Waals surface area contributed by atoms with Crippen LogP contribution in [0.2, 0.25) is 0 Å². The molecule has 0 radical (unpaired) electrons. The molecule has 164 valence electrons. The zero-order valence-electron chi connectivity index (χ0n) is 18.5. The predicted molar refractivity (Wildman–Crippen MR) is 121 cm³/mol. The quantitative estimate of drug-likeness (QED) is 0.640. The summed E-state index contributed by atoms with van der Waals surface area (Å²) in [6.07, 6.45) is 0.0785. The SMILES string of the molecule is CN(C)Cc1ccccc1CNC(=O)CCNS(=O)(=O)c1ccc(C(C)(C)C)cc1. The molecule has 0 saturated carbocycles. The third kappa shape index (κ3) is 7.23. The molecule has 0 aliphatic carbocycles. The highest BCUT2D eigenvalue weighted by molar-refractivity contribution is 7.89. The smallest absolute Gasteiger partial charge is 0.240 e. The van der Waals surface area contributed by atoms with E-state index in [4.69, 9.17) is 0 Å². The predicted octanol–water partition coefficient (Wildman–Crippen LogP) is 3.03. The van der Waals surface area contributed by atoms with E-state index < -0.39 is 10.0 Å². The largest absolute Gasteiger partial charge is 0.352 e. The molecular formula is C23H33N3O3S. The maximum absolute atomic E-state index is 12.5. The van der Waals surface area contributed by atoms with Crippen LogP contribution in [0.4, 0.5) is 0 Å². The first-order valence-electron chi connectivity index (χ1n) is 10.1. The van der Waals surface area contributed by atoms with E-state index in [9.17, 15) is 13.2 Å². The van der Waals surface area contributed by atoms with Gasteiger partial charge in [0.2, 0.25) is 15.9 Å². The Bertz CT molecular complexity index is 946. The third-order valence-corrected chi connectivity index (χ3v) is 6.23. The van der Waals surface area contributed by atoms with Gasteiger partial charge < -0.3 is 10.2 Å². The standard InChI is InChI=1S/C23H33N3O3S/c1-23(2,3)20-10-12-21(13-11-20)30(28,29)25-15-14-22(27)24-16-18-8-6-7-9-19(18)17-26(4)5/h6-13,25H,14-17H2,1-5H3,(H,24,27). The van der Waals surface area contributed by atoms with E-state index in [0.717, 1.165) is 23.2 Å². The van der Waals surface area contributed by atoms with Crippen LogP contribution in [0.5, 0.6) is 0 Å². The first-order valence-corrected chi connectivity index (χ1v) is 11.6. The fourth-order valence-corrected chi connectivity index (χ4v) is 4.06. The molecule has 0 bridgehead atoms. The van der Waals surface area contributed by atoms with Gasteiger partial charge in [-0.2, -0.15) is 0 Å². The molecule has 2 aromatic rings. The summed E-state index contributed by atoms with van der Waals surface area (Å²) in [5.74, 6) is -0.194. The van der Waals surface area contributed by atoms with Gasteiger partial charge in [-0.1, -0.05) is 57.2 Å². The Kier molecular flexibility index (Phi) is 8.18. The van der Waals surface area contributed by atoms with Gasteiger partial charge in [-0.05, 0) is 48.3 Å². The number of rotatable bonds is 9.